The molecular weight excluding hydrogens is 442 g/mol. The van der Waals surface area contributed by atoms with Crippen LogP contribution < -0.4 is 10.1 Å². The largest absolute Gasteiger partial charge is 0.492 e. The summed E-state index contributed by atoms with van der Waals surface area (Å²) in [5.41, 5.74) is 4.02. The Morgan fingerprint density at radius 3 is 2.57 bits per heavy atom. The summed E-state index contributed by atoms with van der Waals surface area (Å²) >= 11 is 0. The zero-order valence-electron chi connectivity index (χ0n) is 20.0. The van der Waals surface area contributed by atoms with Crippen LogP contribution in [0.1, 0.15) is 48.8 Å². The highest BCUT2D eigenvalue weighted by atomic mass is 16.5. The number of ether oxygens (including phenoxy) is 2. The Morgan fingerprint density at radius 2 is 1.83 bits per heavy atom. The van der Waals surface area contributed by atoms with Crippen molar-refractivity contribution in [3.63, 3.8) is 0 Å². The molecule has 0 aromatic heterocycles. The van der Waals surface area contributed by atoms with Crippen LogP contribution >= 0.6 is 0 Å². The van der Waals surface area contributed by atoms with E-state index in [1.54, 1.807) is 0 Å². The topological polar surface area (TPSA) is 83.4 Å². The van der Waals surface area contributed by atoms with Crippen molar-refractivity contribution in [2.75, 3.05) is 39.5 Å². The van der Waals surface area contributed by atoms with Gasteiger partial charge in [-0.05, 0) is 42.2 Å². The summed E-state index contributed by atoms with van der Waals surface area (Å²) in [4.78, 5) is 15.9. The van der Waals surface area contributed by atoms with Gasteiger partial charge in [-0.1, -0.05) is 54.8 Å². The molecule has 0 radical (unpaired) electrons. The van der Waals surface area contributed by atoms with E-state index in [2.05, 4.69) is 15.4 Å². The molecule has 2 aromatic carbocycles. The van der Waals surface area contributed by atoms with Crippen molar-refractivity contribution >= 4 is 17.2 Å². The number of carbonyl (C=O) groups excluding carboxylic acids is 1. The van der Waals surface area contributed by atoms with E-state index in [0.717, 1.165) is 75.2 Å². The number of benzene rings is 2. The summed E-state index contributed by atoms with van der Waals surface area (Å²) in [6.07, 6.45) is 5.44. The van der Waals surface area contributed by atoms with Gasteiger partial charge in [0, 0.05) is 36.8 Å². The summed E-state index contributed by atoms with van der Waals surface area (Å²) in [6, 6.07) is 15.8. The van der Waals surface area contributed by atoms with Gasteiger partial charge in [0.05, 0.1) is 18.8 Å². The van der Waals surface area contributed by atoms with E-state index in [0.29, 0.717) is 29.2 Å². The lowest BCUT2D eigenvalue weighted by Gasteiger charge is -2.26. The number of oxime groups is 1. The van der Waals surface area contributed by atoms with E-state index >= 15 is 0 Å². The summed E-state index contributed by atoms with van der Waals surface area (Å²) in [5, 5.41) is 16.9. The molecule has 184 valence electrons. The number of fused-ring (bicyclic) bond motifs is 1. The molecule has 0 unspecified atom stereocenters. The van der Waals surface area contributed by atoms with Crippen LogP contribution in [-0.4, -0.2) is 67.2 Å². The van der Waals surface area contributed by atoms with Crippen molar-refractivity contribution in [2.45, 2.75) is 38.1 Å². The predicted molar refractivity (Wildman–Crippen MR) is 135 cm³/mol. The summed E-state index contributed by atoms with van der Waals surface area (Å²) in [7, 11) is 0. The quantitative estimate of drug-likeness (QED) is 0.470. The van der Waals surface area contributed by atoms with E-state index in [4.69, 9.17) is 9.47 Å². The van der Waals surface area contributed by atoms with Crippen LogP contribution in [0.4, 0.5) is 0 Å². The molecule has 1 aliphatic heterocycles. The number of nitrogens with zero attached hydrogens (tertiary/aromatic N) is 2. The van der Waals surface area contributed by atoms with Gasteiger partial charge in [0.25, 0.3) is 5.91 Å². The number of rotatable bonds is 7. The molecule has 5 rings (SSSR count). The normalized spacial score (nSPS) is 20.2. The van der Waals surface area contributed by atoms with Crippen LogP contribution in [0.3, 0.4) is 0 Å². The van der Waals surface area contributed by atoms with Gasteiger partial charge in [-0.3, -0.25) is 9.69 Å². The highest BCUT2D eigenvalue weighted by Crippen LogP contribution is 2.40. The van der Waals surface area contributed by atoms with E-state index in [1.807, 2.05) is 48.5 Å². The molecule has 1 amide bonds. The molecule has 0 bridgehead atoms. The Hall–Kier alpha value is -3.16. The third kappa shape index (κ3) is 5.26. The van der Waals surface area contributed by atoms with Crippen molar-refractivity contribution in [3.8, 4) is 5.75 Å². The Balaban J connectivity index is 1.41. The van der Waals surface area contributed by atoms with Crippen molar-refractivity contribution in [1.29, 1.82) is 0 Å². The molecule has 2 aromatic rings. The number of hydrogen-bond donors (Lipinski definition) is 2. The standard InChI is InChI=1S/C28H33N3O4/c32-28(29-21-9-5-2-6-10-21)26-25(20-7-3-1-4-8-20)23-12-11-22(19-24(23)27(26)30-33)35-18-15-31-13-16-34-17-14-31/h1,3-4,7-8,11-12,19,21,33H,2,5-6,9-10,13-18H2,(H,29,32)/b30-27-. The highest BCUT2D eigenvalue weighted by Gasteiger charge is 2.35. The zero-order valence-corrected chi connectivity index (χ0v) is 20.0. The van der Waals surface area contributed by atoms with E-state index < -0.39 is 0 Å². The fourth-order valence-electron chi connectivity index (χ4n) is 5.27. The van der Waals surface area contributed by atoms with Crippen molar-refractivity contribution in [2.24, 2.45) is 5.16 Å². The van der Waals surface area contributed by atoms with Crippen LogP contribution in [-0.2, 0) is 9.53 Å². The van der Waals surface area contributed by atoms with Crippen molar-refractivity contribution in [1.82, 2.24) is 10.2 Å². The lowest BCUT2D eigenvalue weighted by Crippen LogP contribution is -2.38. The maximum Gasteiger partial charge on any atom is 0.254 e. The Labute approximate surface area is 206 Å². The lowest BCUT2D eigenvalue weighted by atomic mass is 9.94. The lowest BCUT2D eigenvalue weighted by molar-refractivity contribution is -0.117. The summed E-state index contributed by atoms with van der Waals surface area (Å²) in [5.74, 6) is 0.508. The predicted octanol–water partition coefficient (Wildman–Crippen LogP) is 3.84. The molecule has 35 heavy (non-hydrogen) atoms. The molecular formula is C28H33N3O4. The van der Waals surface area contributed by atoms with Gasteiger partial charge < -0.3 is 20.0 Å². The first-order valence-electron chi connectivity index (χ1n) is 12.7. The molecule has 7 nitrogen and oxygen atoms in total. The number of amides is 1. The third-order valence-corrected chi connectivity index (χ3v) is 7.11. The Bertz CT molecular complexity index is 1100. The minimum atomic E-state index is -0.186. The first-order valence-corrected chi connectivity index (χ1v) is 12.7. The number of hydrogen-bond acceptors (Lipinski definition) is 6. The molecule has 2 N–H and O–H groups in total. The van der Waals surface area contributed by atoms with Crippen molar-refractivity contribution < 1.29 is 19.5 Å². The molecule has 1 heterocycles. The zero-order chi connectivity index (χ0) is 24.0. The minimum Gasteiger partial charge on any atom is -0.492 e. The van der Waals surface area contributed by atoms with Crippen LogP contribution in [0.25, 0.3) is 5.57 Å². The molecule has 2 fully saturated rings. The second-order valence-corrected chi connectivity index (χ2v) is 9.38. The molecule has 0 atom stereocenters. The molecule has 2 aliphatic carbocycles. The molecule has 3 aliphatic rings. The SMILES string of the molecule is O=C(NC1CCCCC1)C1=C(c2ccccc2)c2ccc(OCCN3CCOCC3)cc2/C1=N/O. The highest BCUT2D eigenvalue weighted by molar-refractivity contribution is 6.38. The molecule has 1 saturated carbocycles. The van der Waals surface area contributed by atoms with Gasteiger partial charge in [0.2, 0.25) is 0 Å². The van der Waals surface area contributed by atoms with Gasteiger partial charge >= 0.3 is 0 Å². The fraction of sp³-hybridized carbons (Fsp3) is 0.429. The monoisotopic (exact) mass is 475 g/mol. The van der Waals surface area contributed by atoms with E-state index in [1.165, 1.54) is 6.42 Å². The number of carbonyl (C=O) groups is 1. The fourth-order valence-corrected chi connectivity index (χ4v) is 5.27. The van der Waals surface area contributed by atoms with Crippen LogP contribution in [0, 0.1) is 0 Å². The molecule has 1 saturated heterocycles. The Kier molecular flexibility index (Phi) is 7.45. The van der Waals surface area contributed by atoms with Gasteiger partial charge in [-0.25, -0.2) is 0 Å². The van der Waals surface area contributed by atoms with Crippen molar-refractivity contribution in [3.05, 3.63) is 70.8 Å². The first kappa shape index (κ1) is 23.6. The second kappa shape index (κ2) is 11.1. The van der Waals surface area contributed by atoms with Gasteiger partial charge in [0.15, 0.2) is 0 Å². The summed E-state index contributed by atoms with van der Waals surface area (Å²) in [6.45, 7) is 4.73. The smallest absolute Gasteiger partial charge is 0.254 e. The van der Waals surface area contributed by atoms with Crippen LogP contribution in [0.5, 0.6) is 5.75 Å². The van der Waals surface area contributed by atoms with Crippen LogP contribution in [0.2, 0.25) is 0 Å². The number of nitrogens with one attached hydrogen (secondary N) is 1. The summed E-state index contributed by atoms with van der Waals surface area (Å²) < 4.78 is 11.5. The molecule has 7 heteroatoms. The maximum atomic E-state index is 13.6. The first-order chi connectivity index (χ1) is 17.2. The van der Waals surface area contributed by atoms with Gasteiger partial charge in [-0.2, -0.15) is 0 Å². The van der Waals surface area contributed by atoms with Gasteiger partial charge in [0.1, 0.15) is 18.1 Å². The van der Waals surface area contributed by atoms with Gasteiger partial charge in [-0.15, -0.1) is 0 Å². The average molecular weight is 476 g/mol. The third-order valence-electron chi connectivity index (χ3n) is 7.11. The van der Waals surface area contributed by atoms with E-state index in [-0.39, 0.29) is 11.9 Å². The molecule has 0 spiro atoms. The minimum absolute atomic E-state index is 0.156. The Morgan fingerprint density at radius 1 is 1.06 bits per heavy atom. The number of morpholine rings is 1. The van der Waals surface area contributed by atoms with Crippen LogP contribution in [0.15, 0.2) is 59.3 Å². The average Bonchev–Trinajstić information content (AvgIpc) is 3.24. The maximum absolute atomic E-state index is 13.6. The second-order valence-electron chi connectivity index (χ2n) is 9.38. The van der Waals surface area contributed by atoms with E-state index in [9.17, 15) is 10.0 Å².